The van der Waals surface area contributed by atoms with Gasteiger partial charge in [-0.1, -0.05) is 12.1 Å². The van der Waals surface area contributed by atoms with Crippen molar-refractivity contribution in [1.29, 1.82) is 0 Å². The minimum atomic E-state index is -1.21. The Kier molecular flexibility index (Phi) is 5.66. The van der Waals surface area contributed by atoms with Crippen LogP contribution < -0.4 is 10.5 Å². The molecule has 0 bridgehead atoms. The van der Waals surface area contributed by atoms with Gasteiger partial charge in [0.25, 0.3) is 0 Å². The van der Waals surface area contributed by atoms with Gasteiger partial charge in [0.2, 0.25) is 0 Å². The third-order valence-electron chi connectivity index (χ3n) is 2.84. The van der Waals surface area contributed by atoms with Gasteiger partial charge in [0, 0.05) is 12.5 Å². The summed E-state index contributed by atoms with van der Waals surface area (Å²) >= 11 is 0. The first-order chi connectivity index (χ1) is 9.77. The molecule has 0 fully saturated rings. The Morgan fingerprint density at radius 2 is 2.10 bits per heavy atom. The summed E-state index contributed by atoms with van der Waals surface area (Å²) in [6.07, 6.45) is -0.303. The first-order valence-electron chi connectivity index (χ1n) is 6.64. The lowest BCUT2D eigenvalue weighted by Crippen LogP contribution is -2.49. The van der Waals surface area contributed by atoms with E-state index in [1.807, 2.05) is 0 Å². The van der Waals surface area contributed by atoms with Crippen molar-refractivity contribution in [3.8, 4) is 5.75 Å². The van der Waals surface area contributed by atoms with Gasteiger partial charge in [-0.25, -0.2) is 0 Å². The van der Waals surface area contributed by atoms with Gasteiger partial charge < -0.3 is 15.2 Å². The Morgan fingerprint density at radius 3 is 2.67 bits per heavy atom. The number of hydrogen-bond donors (Lipinski definition) is 1. The normalized spacial score (nSPS) is 14.9. The first-order valence-corrected chi connectivity index (χ1v) is 6.64. The Labute approximate surface area is 123 Å². The molecule has 7 heteroatoms. The Morgan fingerprint density at radius 1 is 1.48 bits per heavy atom. The number of para-hydroxylation sites is 2. The lowest BCUT2D eigenvalue weighted by molar-refractivity contribution is -0.386. The van der Waals surface area contributed by atoms with Crippen molar-refractivity contribution in [2.75, 3.05) is 6.61 Å². The predicted octanol–water partition coefficient (Wildman–Crippen LogP) is 2.03. The van der Waals surface area contributed by atoms with Crippen LogP contribution in [0.2, 0.25) is 0 Å². The van der Waals surface area contributed by atoms with Crippen LogP contribution in [0.25, 0.3) is 0 Å². The molecule has 2 unspecified atom stereocenters. The molecule has 0 saturated carbocycles. The molecule has 7 nitrogen and oxygen atoms in total. The van der Waals surface area contributed by atoms with Gasteiger partial charge in [-0.15, -0.1) is 0 Å². The number of rotatable bonds is 7. The van der Waals surface area contributed by atoms with E-state index in [0.29, 0.717) is 0 Å². The van der Waals surface area contributed by atoms with E-state index in [1.165, 1.54) is 12.1 Å². The molecule has 116 valence electrons. The van der Waals surface area contributed by atoms with E-state index in [9.17, 15) is 14.9 Å². The molecule has 1 aromatic rings. The number of hydrogen-bond acceptors (Lipinski definition) is 6. The largest absolute Gasteiger partial charge is 0.484 e. The Bertz CT molecular complexity index is 516. The molecule has 1 aromatic carbocycles. The number of ether oxygens (including phenoxy) is 2. The van der Waals surface area contributed by atoms with Crippen LogP contribution in [0, 0.1) is 10.1 Å². The van der Waals surface area contributed by atoms with Crippen LogP contribution in [-0.2, 0) is 9.53 Å². The van der Waals surface area contributed by atoms with Gasteiger partial charge >= 0.3 is 11.7 Å². The molecule has 0 heterocycles. The highest BCUT2D eigenvalue weighted by molar-refractivity contribution is 5.80. The van der Waals surface area contributed by atoms with Crippen molar-refractivity contribution in [3.63, 3.8) is 0 Å². The monoisotopic (exact) mass is 296 g/mol. The van der Waals surface area contributed by atoms with Gasteiger partial charge in [-0.2, -0.15) is 0 Å². The van der Waals surface area contributed by atoms with E-state index < -0.39 is 22.5 Å². The molecule has 2 atom stereocenters. The average Bonchev–Trinajstić information content (AvgIpc) is 2.38. The second-order valence-corrected chi connectivity index (χ2v) is 5.00. The lowest BCUT2D eigenvalue weighted by atomic mass is 9.96. The minimum absolute atomic E-state index is 0.126. The molecular formula is C14H20N2O5. The summed E-state index contributed by atoms with van der Waals surface area (Å²) in [6, 6.07) is 6.06. The quantitative estimate of drug-likeness (QED) is 0.469. The van der Waals surface area contributed by atoms with Crippen LogP contribution in [0.15, 0.2) is 24.3 Å². The van der Waals surface area contributed by atoms with Crippen LogP contribution in [0.1, 0.15) is 27.2 Å². The zero-order valence-electron chi connectivity index (χ0n) is 12.4. The van der Waals surface area contributed by atoms with E-state index in [1.54, 1.807) is 32.9 Å². The zero-order valence-corrected chi connectivity index (χ0v) is 12.4. The van der Waals surface area contributed by atoms with E-state index in [4.69, 9.17) is 15.2 Å². The molecule has 0 spiro atoms. The molecule has 0 aliphatic rings. The van der Waals surface area contributed by atoms with Crippen LogP contribution in [0.3, 0.4) is 0 Å². The SMILES string of the molecule is CCOC(=O)C(C)(N)CC(C)Oc1ccccc1[N+](=O)[O-]. The first kappa shape index (κ1) is 16.9. The summed E-state index contributed by atoms with van der Waals surface area (Å²) < 4.78 is 10.4. The third kappa shape index (κ3) is 4.71. The highest BCUT2D eigenvalue weighted by Crippen LogP contribution is 2.28. The summed E-state index contributed by atoms with van der Waals surface area (Å²) in [7, 11) is 0. The molecule has 0 aliphatic carbocycles. The van der Waals surface area contributed by atoms with Gasteiger partial charge in [-0.3, -0.25) is 14.9 Å². The maximum Gasteiger partial charge on any atom is 0.325 e. The second kappa shape index (κ2) is 7.03. The standard InChI is InChI=1S/C14H20N2O5/c1-4-20-13(17)14(3,15)9-10(2)21-12-8-6-5-7-11(12)16(18)19/h5-8,10H,4,9,15H2,1-3H3. The van der Waals surface area contributed by atoms with Crippen molar-refractivity contribution in [2.45, 2.75) is 38.8 Å². The van der Waals surface area contributed by atoms with Crippen molar-refractivity contribution >= 4 is 11.7 Å². The second-order valence-electron chi connectivity index (χ2n) is 5.00. The van der Waals surface area contributed by atoms with Gasteiger partial charge in [0.05, 0.1) is 17.6 Å². The highest BCUT2D eigenvalue weighted by atomic mass is 16.6. The van der Waals surface area contributed by atoms with Crippen LogP contribution in [0.5, 0.6) is 5.75 Å². The average molecular weight is 296 g/mol. The Hall–Kier alpha value is -2.15. The topological polar surface area (TPSA) is 105 Å². The highest BCUT2D eigenvalue weighted by Gasteiger charge is 2.33. The summed E-state index contributed by atoms with van der Waals surface area (Å²) in [6.45, 7) is 5.18. The molecule has 0 amide bonds. The predicted molar refractivity (Wildman–Crippen MR) is 77.0 cm³/mol. The van der Waals surface area contributed by atoms with Crippen LogP contribution in [-0.4, -0.2) is 29.1 Å². The molecule has 0 radical (unpaired) electrons. The number of carbonyl (C=O) groups excluding carboxylic acids is 1. The number of nitrogens with two attached hydrogens (primary N) is 1. The van der Waals surface area contributed by atoms with Crippen molar-refractivity contribution < 1.29 is 19.2 Å². The van der Waals surface area contributed by atoms with Crippen LogP contribution >= 0.6 is 0 Å². The number of nitro benzene ring substituents is 1. The molecule has 0 aliphatic heterocycles. The molecule has 0 aromatic heterocycles. The van der Waals surface area contributed by atoms with E-state index in [0.717, 1.165) is 0 Å². The lowest BCUT2D eigenvalue weighted by Gasteiger charge is -2.26. The summed E-state index contributed by atoms with van der Waals surface area (Å²) in [5.74, 6) is -0.377. The zero-order chi connectivity index (χ0) is 16.0. The Balaban J connectivity index is 2.76. The maximum absolute atomic E-state index is 11.7. The number of nitrogens with zero attached hydrogens (tertiary/aromatic N) is 1. The van der Waals surface area contributed by atoms with Crippen molar-refractivity contribution in [2.24, 2.45) is 5.73 Å². The number of benzene rings is 1. The van der Waals surface area contributed by atoms with E-state index >= 15 is 0 Å². The number of nitro groups is 1. The van der Waals surface area contributed by atoms with E-state index in [2.05, 4.69) is 0 Å². The van der Waals surface area contributed by atoms with E-state index in [-0.39, 0.29) is 24.5 Å². The summed E-state index contributed by atoms with van der Waals surface area (Å²) in [5.41, 5.74) is 4.58. The van der Waals surface area contributed by atoms with Crippen molar-refractivity contribution in [1.82, 2.24) is 0 Å². The fourth-order valence-electron chi connectivity index (χ4n) is 1.94. The minimum Gasteiger partial charge on any atom is -0.484 e. The number of esters is 1. The van der Waals surface area contributed by atoms with Gasteiger partial charge in [0.15, 0.2) is 5.75 Å². The maximum atomic E-state index is 11.7. The fourth-order valence-corrected chi connectivity index (χ4v) is 1.94. The van der Waals surface area contributed by atoms with Crippen molar-refractivity contribution in [3.05, 3.63) is 34.4 Å². The molecule has 0 saturated heterocycles. The molecule has 1 rings (SSSR count). The smallest absolute Gasteiger partial charge is 0.325 e. The number of carbonyl (C=O) groups is 1. The van der Waals surface area contributed by atoms with Crippen LogP contribution in [0.4, 0.5) is 5.69 Å². The summed E-state index contributed by atoms with van der Waals surface area (Å²) in [4.78, 5) is 22.1. The molecular weight excluding hydrogens is 276 g/mol. The molecule has 21 heavy (non-hydrogen) atoms. The summed E-state index contributed by atoms with van der Waals surface area (Å²) in [5, 5.41) is 10.9. The fraction of sp³-hybridized carbons (Fsp3) is 0.500. The van der Waals surface area contributed by atoms with Gasteiger partial charge in [0.1, 0.15) is 5.54 Å². The third-order valence-corrected chi connectivity index (χ3v) is 2.84. The molecule has 2 N–H and O–H groups in total. The van der Waals surface area contributed by atoms with Gasteiger partial charge in [-0.05, 0) is 26.8 Å².